The lowest BCUT2D eigenvalue weighted by atomic mass is 10.1. The van der Waals surface area contributed by atoms with Crippen LogP contribution in [0.2, 0.25) is 10.0 Å². The van der Waals surface area contributed by atoms with Crippen molar-refractivity contribution < 1.29 is 9.59 Å². The number of amides is 2. The van der Waals surface area contributed by atoms with Crippen molar-refractivity contribution in [3.05, 3.63) is 56.9 Å². The van der Waals surface area contributed by atoms with Crippen LogP contribution < -0.4 is 5.32 Å². The summed E-state index contributed by atoms with van der Waals surface area (Å²) in [6.07, 6.45) is 1.71. The van der Waals surface area contributed by atoms with E-state index in [9.17, 15) is 9.59 Å². The van der Waals surface area contributed by atoms with Crippen LogP contribution in [0.25, 0.3) is 39.5 Å². The number of aromatic amines is 1. The Morgan fingerprint density at radius 2 is 1.90 bits per heavy atom. The van der Waals surface area contributed by atoms with E-state index in [0.29, 0.717) is 20.8 Å². The van der Waals surface area contributed by atoms with E-state index in [1.165, 1.54) is 0 Å². The van der Waals surface area contributed by atoms with Gasteiger partial charge in [-0.2, -0.15) is 0 Å². The van der Waals surface area contributed by atoms with E-state index in [1.807, 2.05) is 35.9 Å². The number of aryl methyl sites for hydroxylation is 1. The third-order valence-electron chi connectivity index (χ3n) is 4.77. The molecule has 0 saturated carbocycles. The first-order chi connectivity index (χ1) is 13.9. The largest absolute Gasteiger partial charge is 0.341 e. The maximum Gasteiger partial charge on any atom is 0.290 e. The standard InChI is InChI=1S/C20H12Cl2N4O2S/c1-26-15-3-2-9(5-17-19(27)25-20(28)29-17)4-10(15)6-16(26)18-23-13-7-11(21)12(22)8-14(13)24-18/h2-8H,1H3,(H,23,24)(H,25,27,28)/b17-5-. The normalized spacial score (nSPS) is 15.8. The van der Waals surface area contributed by atoms with Crippen molar-refractivity contribution in [2.75, 3.05) is 0 Å². The highest BCUT2D eigenvalue weighted by Crippen LogP contribution is 2.32. The van der Waals surface area contributed by atoms with E-state index >= 15 is 0 Å². The first-order valence-electron chi connectivity index (χ1n) is 8.58. The molecule has 29 heavy (non-hydrogen) atoms. The summed E-state index contributed by atoms with van der Waals surface area (Å²) < 4.78 is 2.04. The first-order valence-corrected chi connectivity index (χ1v) is 10.2. The van der Waals surface area contributed by atoms with E-state index in [4.69, 9.17) is 23.2 Å². The molecule has 2 N–H and O–H groups in total. The van der Waals surface area contributed by atoms with Crippen molar-refractivity contribution in [2.45, 2.75) is 0 Å². The quantitative estimate of drug-likeness (QED) is 0.409. The molecular weight excluding hydrogens is 431 g/mol. The molecule has 2 aromatic heterocycles. The first kappa shape index (κ1) is 18.3. The number of rotatable bonds is 2. The molecule has 0 radical (unpaired) electrons. The van der Waals surface area contributed by atoms with Crippen molar-refractivity contribution in [3.63, 3.8) is 0 Å². The molecule has 144 valence electrons. The molecule has 1 fully saturated rings. The molecule has 3 heterocycles. The van der Waals surface area contributed by atoms with Crippen LogP contribution in [0.15, 0.2) is 41.3 Å². The average molecular weight is 443 g/mol. The average Bonchev–Trinajstić information content (AvgIpc) is 3.31. The summed E-state index contributed by atoms with van der Waals surface area (Å²) in [5.41, 5.74) is 4.29. The Hall–Kier alpha value is -2.74. The van der Waals surface area contributed by atoms with Gasteiger partial charge in [-0.3, -0.25) is 14.9 Å². The molecule has 4 aromatic rings. The molecule has 0 aliphatic carbocycles. The Labute approximate surface area is 178 Å². The number of hydrogen-bond donors (Lipinski definition) is 2. The second-order valence-electron chi connectivity index (χ2n) is 6.63. The molecule has 0 bridgehead atoms. The van der Waals surface area contributed by atoms with E-state index in [-0.39, 0.29) is 11.1 Å². The summed E-state index contributed by atoms with van der Waals surface area (Å²) in [6, 6.07) is 11.4. The van der Waals surface area contributed by atoms with Crippen LogP contribution in [0.3, 0.4) is 0 Å². The van der Waals surface area contributed by atoms with Crippen LogP contribution in [0.4, 0.5) is 4.79 Å². The topological polar surface area (TPSA) is 79.8 Å². The second-order valence-corrected chi connectivity index (χ2v) is 8.46. The van der Waals surface area contributed by atoms with Gasteiger partial charge in [0.2, 0.25) is 0 Å². The predicted octanol–water partition coefficient (Wildman–Crippen LogP) is 5.35. The summed E-state index contributed by atoms with van der Waals surface area (Å²) in [7, 11) is 1.96. The number of thioether (sulfide) groups is 1. The van der Waals surface area contributed by atoms with Gasteiger partial charge in [0.1, 0.15) is 0 Å². The molecule has 1 aliphatic heterocycles. The van der Waals surface area contributed by atoms with Gasteiger partial charge in [0.25, 0.3) is 11.1 Å². The van der Waals surface area contributed by atoms with Gasteiger partial charge < -0.3 is 9.55 Å². The Morgan fingerprint density at radius 1 is 1.10 bits per heavy atom. The Morgan fingerprint density at radius 3 is 2.66 bits per heavy atom. The van der Waals surface area contributed by atoms with Crippen molar-refractivity contribution >= 4 is 74.1 Å². The molecule has 2 aromatic carbocycles. The highest BCUT2D eigenvalue weighted by molar-refractivity contribution is 8.18. The minimum absolute atomic E-state index is 0.352. The molecule has 0 spiro atoms. The smallest absolute Gasteiger partial charge is 0.290 e. The van der Waals surface area contributed by atoms with Crippen LogP contribution in [-0.2, 0) is 11.8 Å². The molecule has 2 amide bonds. The lowest BCUT2D eigenvalue weighted by Gasteiger charge is -2.01. The molecule has 1 aliphatic rings. The van der Waals surface area contributed by atoms with Gasteiger partial charge in [-0.25, -0.2) is 4.98 Å². The van der Waals surface area contributed by atoms with Crippen LogP contribution in [0.5, 0.6) is 0 Å². The SMILES string of the molecule is Cn1c(-c2nc3cc(Cl)c(Cl)cc3[nH]2)cc2cc(/C=C3\SC(=O)NC3=O)ccc21. The van der Waals surface area contributed by atoms with Gasteiger partial charge >= 0.3 is 0 Å². The number of imide groups is 1. The van der Waals surface area contributed by atoms with E-state index in [2.05, 4.69) is 15.3 Å². The number of benzene rings is 2. The zero-order chi connectivity index (χ0) is 20.3. The maximum absolute atomic E-state index is 11.8. The summed E-state index contributed by atoms with van der Waals surface area (Å²) in [5.74, 6) is 0.335. The lowest BCUT2D eigenvalue weighted by Crippen LogP contribution is -2.17. The van der Waals surface area contributed by atoms with Crippen molar-refractivity contribution in [3.8, 4) is 11.5 Å². The minimum atomic E-state index is -0.367. The number of carbonyl (C=O) groups excluding carboxylic acids is 2. The highest BCUT2D eigenvalue weighted by Gasteiger charge is 2.25. The summed E-state index contributed by atoms with van der Waals surface area (Å²) in [6.45, 7) is 0. The molecule has 0 atom stereocenters. The monoisotopic (exact) mass is 442 g/mol. The fraction of sp³-hybridized carbons (Fsp3) is 0.0500. The molecule has 1 saturated heterocycles. The molecular formula is C20H12Cl2N4O2S. The van der Waals surface area contributed by atoms with Crippen LogP contribution >= 0.6 is 35.0 Å². The fourth-order valence-corrected chi connectivity index (χ4v) is 4.39. The van der Waals surface area contributed by atoms with Crippen LogP contribution in [-0.4, -0.2) is 25.7 Å². The third kappa shape index (κ3) is 3.11. The Bertz CT molecular complexity index is 1350. The summed E-state index contributed by atoms with van der Waals surface area (Å²) >= 11 is 13.1. The van der Waals surface area contributed by atoms with E-state index < -0.39 is 0 Å². The zero-order valence-corrected chi connectivity index (χ0v) is 17.2. The van der Waals surface area contributed by atoms with Crippen molar-refractivity contribution in [1.82, 2.24) is 19.9 Å². The fourth-order valence-electron chi connectivity index (χ4n) is 3.38. The highest BCUT2D eigenvalue weighted by atomic mass is 35.5. The van der Waals surface area contributed by atoms with Gasteiger partial charge in [-0.1, -0.05) is 29.3 Å². The molecule has 9 heteroatoms. The van der Waals surface area contributed by atoms with Gasteiger partial charge in [-0.15, -0.1) is 0 Å². The van der Waals surface area contributed by atoms with E-state index in [0.717, 1.165) is 45.0 Å². The van der Waals surface area contributed by atoms with Gasteiger partial charge in [-0.05, 0) is 53.7 Å². The second kappa shape index (κ2) is 6.66. The van der Waals surface area contributed by atoms with Crippen LogP contribution in [0, 0.1) is 0 Å². The maximum atomic E-state index is 11.8. The predicted molar refractivity (Wildman–Crippen MR) is 117 cm³/mol. The number of hydrogen-bond acceptors (Lipinski definition) is 4. The minimum Gasteiger partial charge on any atom is -0.341 e. The van der Waals surface area contributed by atoms with Gasteiger partial charge in [0.15, 0.2) is 5.82 Å². The van der Waals surface area contributed by atoms with Gasteiger partial charge in [0, 0.05) is 18.0 Å². The zero-order valence-electron chi connectivity index (χ0n) is 14.9. The number of fused-ring (bicyclic) bond motifs is 2. The number of H-pyrrole nitrogens is 1. The number of nitrogens with zero attached hydrogens (tertiary/aromatic N) is 2. The Balaban J connectivity index is 1.59. The van der Waals surface area contributed by atoms with E-state index in [1.54, 1.807) is 18.2 Å². The van der Waals surface area contributed by atoms with Crippen molar-refractivity contribution in [2.24, 2.45) is 7.05 Å². The number of aromatic nitrogens is 3. The van der Waals surface area contributed by atoms with Crippen molar-refractivity contribution in [1.29, 1.82) is 0 Å². The number of carbonyl (C=O) groups is 2. The summed E-state index contributed by atoms with van der Waals surface area (Å²) in [4.78, 5) is 31.4. The number of halogens is 2. The molecule has 5 rings (SSSR count). The third-order valence-corrected chi connectivity index (χ3v) is 6.31. The van der Waals surface area contributed by atoms with Crippen LogP contribution in [0.1, 0.15) is 5.56 Å². The Kier molecular flexibility index (Phi) is 4.20. The van der Waals surface area contributed by atoms with Gasteiger partial charge in [0.05, 0.1) is 31.7 Å². The lowest BCUT2D eigenvalue weighted by molar-refractivity contribution is -0.115. The number of nitrogens with one attached hydrogen (secondary N) is 2. The molecule has 0 unspecified atom stereocenters. The summed E-state index contributed by atoms with van der Waals surface area (Å²) in [5, 5.41) is 3.82. The molecule has 6 nitrogen and oxygen atoms in total. The number of imidazole rings is 1.